The highest BCUT2D eigenvalue weighted by Gasteiger charge is 1.96. The van der Waals surface area contributed by atoms with Gasteiger partial charge in [0.05, 0.1) is 0 Å². The molecule has 1 aromatic rings. The molecule has 0 amide bonds. The molecule has 0 heteroatoms. The summed E-state index contributed by atoms with van der Waals surface area (Å²) in [6.07, 6.45) is 26.6. The molecular formula is C25H43. The number of hydrogen-bond acceptors (Lipinski definition) is 0. The van der Waals surface area contributed by atoms with E-state index in [4.69, 9.17) is 0 Å². The molecule has 143 valence electrons. The Morgan fingerprint density at radius 1 is 0.560 bits per heavy atom. The maximum absolute atomic E-state index is 2.46. The topological polar surface area (TPSA) is 0 Å². The quantitative estimate of drug-likeness (QED) is 0.234. The lowest BCUT2D eigenvalue weighted by Gasteiger charge is -2.04. The summed E-state index contributed by atoms with van der Waals surface area (Å²) in [4.78, 5) is 0. The molecule has 0 aromatic heterocycles. The van der Waals surface area contributed by atoms with E-state index in [0.717, 1.165) is 6.42 Å². The van der Waals surface area contributed by atoms with Gasteiger partial charge in [-0.3, -0.25) is 0 Å². The second-order valence-corrected chi connectivity index (χ2v) is 7.72. The van der Waals surface area contributed by atoms with Crippen LogP contribution in [0.3, 0.4) is 0 Å². The van der Waals surface area contributed by atoms with Crippen molar-refractivity contribution in [1.82, 2.24) is 0 Å². The van der Waals surface area contributed by atoms with E-state index >= 15 is 0 Å². The minimum Gasteiger partial charge on any atom is -0.0654 e. The Kier molecular flexibility index (Phi) is 16.0. The first-order valence-corrected chi connectivity index (χ1v) is 11.3. The van der Waals surface area contributed by atoms with E-state index < -0.39 is 0 Å². The van der Waals surface area contributed by atoms with Crippen LogP contribution in [0.2, 0.25) is 0 Å². The number of unbranched alkanes of at least 4 members (excludes halogenated alkanes) is 16. The van der Waals surface area contributed by atoms with Crippen LogP contribution in [-0.2, 0) is 6.42 Å². The molecule has 0 aliphatic carbocycles. The van der Waals surface area contributed by atoms with Crippen LogP contribution in [0.15, 0.2) is 30.3 Å². The molecule has 1 radical (unpaired) electrons. The molecule has 0 aliphatic heterocycles. The number of hydrogen-bond donors (Lipinski definition) is 0. The molecule has 0 saturated heterocycles. The van der Waals surface area contributed by atoms with Crippen LogP contribution >= 0.6 is 0 Å². The van der Waals surface area contributed by atoms with Crippen LogP contribution in [0.1, 0.15) is 115 Å². The summed E-state index contributed by atoms with van der Waals surface area (Å²) in [5, 5.41) is 0. The minimum absolute atomic E-state index is 1.14. The highest BCUT2D eigenvalue weighted by molar-refractivity contribution is 5.16. The van der Waals surface area contributed by atoms with Crippen molar-refractivity contribution in [3.63, 3.8) is 0 Å². The van der Waals surface area contributed by atoms with Crippen LogP contribution in [0.5, 0.6) is 0 Å². The summed E-state index contributed by atoms with van der Waals surface area (Å²) in [5.41, 5.74) is 1.45. The van der Waals surface area contributed by atoms with Crippen molar-refractivity contribution in [2.45, 2.75) is 116 Å². The van der Waals surface area contributed by atoms with Crippen LogP contribution in [0.4, 0.5) is 0 Å². The third-order valence-corrected chi connectivity index (χ3v) is 5.23. The fourth-order valence-electron chi connectivity index (χ4n) is 3.54. The van der Waals surface area contributed by atoms with Crippen LogP contribution in [-0.4, -0.2) is 0 Å². The van der Waals surface area contributed by atoms with Gasteiger partial charge in [0.15, 0.2) is 0 Å². The first-order valence-electron chi connectivity index (χ1n) is 11.3. The van der Waals surface area contributed by atoms with E-state index in [1.807, 2.05) is 0 Å². The molecule has 0 atom stereocenters. The van der Waals surface area contributed by atoms with E-state index in [0.29, 0.717) is 0 Å². The Balaban J connectivity index is 1.69. The summed E-state index contributed by atoms with van der Waals surface area (Å²) in [6, 6.07) is 10.8. The fraction of sp³-hybridized carbons (Fsp3) is 0.720. The predicted molar refractivity (Wildman–Crippen MR) is 114 cm³/mol. The molecule has 0 saturated carbocycles. The van der Waals surface area contributed by atoms with E-state index in [2.05, 4.69) is 43.7 Å². The highest BCUT2D eigenvalue weighted by atomic mass is 14.0. The van der Waals surface area contributed by atoms with Crippen molar-refractivity contribution in [2.24, 2.45) is 0 Å². The standard InChI is InChI=1S/C25H43/c1-2-3-4-5-6-7-8-9-10-11-12-13-14-15-16-17-19-22-25-23-20-18-21-24-25/h18-21,23-24H,2-17,22H2,1H3. The largest absolute Gasteiger partial charge is 0.0654 e. The molecule has 0 aliphatic rings. The summed E-state index contributed by atoms with van der Waals surface area (Å²) in [7, 11) is 0. The molecule has 25 heavy (non-hydrogen) atoms. The lowest BCUT2D eigenvalue weighted by atomic mass is 10.0. The normalized spacial score (nSPS) is 11.1. The van der Waals surface area contributed by atoms with E-state index in [9.17, 15) is 0 Å². The van der Waals surface area contributed by atoms with Crippen LogP contribution < -0.4 is 0 Å². The molecule has 1 aromatic carbocycles. The van der Waals surface area contributed by atoms with Crippen molar-refractivity contribution >= 4 is 0 Å². The average Bonchev–Trinajstić information content (AvgIpc) is 2.65. The molecule has 1 rings (SSSR count). The van der Waals surface area contributed by atoms with Gasteiger partial charge in [0.25, 0.3) is 0 Å². The molecule has 0 unspecified atom stereocenters. The molecule has 0 nitrogen and oxygen atoms in total. The summed E-state index contributed by atoms with van der Waals surface area (Å²) < 4.78 is 0. The summed E-state index contributed by atoms with van der Waals surface area (Å²) in [5.74, 6) is 0. The third-order valence-electron chi connectivity index (χ3n) is 5.23. The zero-order valence-electron chi connectivity index (χ0n) is 17.0. The molecule has 0 heterocycles. The molecular weight excluding hydrogens is 300 g/mol. The van der Waals surface area contributed by atoms with Gasteiger partial charge in [0.1, 0.15) is 0 Å². The van der Waals surface area contributed by atoms with Gasteiger partial charge in [-0.25, -0.2) is 0 Å². The highest BCUT2D eigenvalue weighted by Crippen LogP contribution is 2.14. The third kappa shape index (κ3) is 15.2. The molecule has 0 spiro atoms. The maximum Gasteiger partial charge on any atom is -0.0248 e. The lowest BCUT2D eigenvalue weighted by Crippen LogP contribution is -1.87. The lowest BCUT2D eigenvalue weighted by molar-refractivity contribution is 0.532. The predicted octanol–water partition coefficient (Wildman–Crippen LogP) is 8.69. The number of rotatable bonds is 18. The fourth-order valence-corrected chi connectivity index (χ4v) is 3.54. The first kappa shape index (κ1) is 22.3. The van der Waals surface area contributed by atoms with Gasteiger partial charge in [0, 0.05) is 0 Å². The molecule has 0 bridgehead atoms. The van der Waals surface area contributed by atoms with Crippen LogP contribution in [0.25, 0.3) is 0 Å². The van der Waals surface area contributed by atoms with Crippen molar-refractivity contribution in [3.05, 3.63) is 42.3 Å². The van der Waals surface area contributed by atoms with Crippen molar-refractivity contribution < 1.29 is 0 Å². The second kappa shape index (κ2) is 18.0. The Bertz CT molecular complexity index is 354. The molecule has 0 fully saturated rings. The molecule has 0 N–H and O–H groups in total. The second-order valence-electron chi connectivity index (χ2n) is 7.72. The monoisotopic (exact) mass is 343 g/mol. The SMILES string of the molecule is CCCCCCCCCCCCCCCCC[CH]Cc1ccccc1. The average molecular weight is 344 g/mol. The zero-order chi connectivity index (χ0) is 17.8. The van der Waals surface area contributed by atoms with Crippen molar-refractivity contribution in [3.8, 4) is 0 Å². The Morgan fingerprint density at radius 3 is 1.48 bits per heavy atom. The summed E-state index contributed by atoms with van der Waals surface area (Å²) in [6.45, 7) is 2.30. The number of benzene rings is 1. The van der Waals surface area contributed by atoms with Gasteiger partial charge < -0.3 is 0 Å². The summed E-state index contributed by atoms with van der Waals surface area (Å²) >= 11 is 0. The van der Waals surface area contributed by atoms with E-state index in [1.165, 1.54) is 108 Å². The van der Waals surface area contributed by atoms with Gasteiger partial charge in [-0.05, 0) is 24.8 Å². The Morgan fingerprint density at radius 2 is 1.00 bits per heavy atom. The van der Waals surface area contributed by atoms with Crippen LogP contribution in [0, 0.1) is 6.42 Å². The van der Waals surface area contributed by atoms with E-state index in [-0.39, 0.29) is 0 Å². The van der Waals surface area contributed by atoms with Crippen molar-refractivity contribution in [2.75, 3.05) is 0 Å². The minimum atomic E-state index is 1.14. The maximum atomic E-state index is 2.46. The van der Waals surface area contributed by atoms with Gasteiger partial charge in [-0.15, -0.1) is 0 Å². The smallest absolute Gasteiger partial charge is 0.0248 e. The Hall–Kier alpha value is -0.780. The van der Waals surface area contributed by atoms with Crippen molar-refractivity contribution in [1.29, 1.82) is 0 Å². The van der Waals surface area contributed by atoms with Gasteiger partial charge >= 0.3 is 0 Å². The van der Waals surface area contributed by atoms with Gasteiger partial charge in [-0.1, -0.05) is 134 Å². The Labute approximate surface area is 158 Å². The van der Waals surface area contributed by atoms with Gasteiger partial charge in [0.2, 0.25) is 0 Å². The van der Waals surface area contributed by atoms with E-state index in [1.54, 1.807) is 0 Å². The van der Waals surface area contributed by atoms with Gasteiger partial charge in [-0.2, -0.15) is 0 Å². The zero-order valence-corrected chi connectivity index (χ0v) is 17.0. The first-order chi connectivity index (χ1) is 12.4.